The molecule has 0 atom stereocenters. The number of benzene rings is 2. The lowest BCUT2D eigenvalue weighted by atomic mass is 9.97. The highest BCUT2D eigenvalue weighted by molar-refractivity contribution is 7.11. The van der Waals surface area contributed by atoms with Crippen LogP contribution in [0.15, 0.2) is 47.8 Å². The molecule has 1 aromatic heterocycles. The van der Waals surface area contributed by atoms with Gasteiger partial charge in [-0.1, -0.05) is 24.3 Å². The number of hydrogen-bond acceptors (Lipinski definition) is 3. The standard InChI is InChI=1S/C16H9NO2S/c17-9-15-13(6-7-20-15)12-3-1-2-10-4-5-11(16(18)19)8-14(10)12/h1-8H,(H,18,19). The van der Waals surface area contributed by atoms with Crippen LogP contribution in [-0.2, 0) is 0 Å². The molecule has 3 rings (SSSR count). The van der Waals surface area contributed by atoms with Crippen molar-refractivity contribution >= 4 is 28.1 Å². The van der Waals surface area contributed by atoms with Crippen molar-refractivity contribution in [3.05, 3.63) is 58.3 Å². The molecule has 0 saturated heterocycles. The Labute approximate surface area is 119 Å². The summed E-state index contributed by atoms with van der Waals surface area (Å²) in [5.41, 5.74) is 1.99. The third-order valence-electron chi connectivity index (χ3n) is 3.19. The lowest BCUT2D eigenvalue weighted by molar-refractivity contribution is 0.0697. The smallest absolute Gasteiger partial charge is 0.335 e. The third-order valence-corrected chi connectivity index (χ3v) is 4.01. The minimum absolute atomic E-state index is 0.249. The summed E-state index contributed by atoms with van der Waals surface area (Å²) in [7, 11) is 0. The average molecular weight is 279 g/mol. The number of carbonyl (C=O) groups is 1. The van der Waals surface area contributed by atoms with E-state index in [0.717, 1.165) is 21.9 Å². The highest BCUT2D eigenvalue weighted by Gasteiger charge is 2.11. The molecule has 0 fully saturated rings. The Morgan fingerprint density at radius 2 is 2.00 bits per heavy atom. The van der Waals surface area contributed by atoms with Crippen LogP contribution < -0.4 is 0 Å². The fourth-order valence-corrected chi connectivity index (χ4v) is 2.95. The maximum Gasteiger partial charge on any atom is 0.335 e. The normalized spacial score (nSPS) is 10.3. The molecule has 0 spiro atoms. The van der Waals surface area contributed by atoms with Gasteiger partial charge in [0.25, 0.3) is 0 Å². The van der Waals surface area contributed by atoms with Crippen LogP contribution in [-0.4, -0.2) is 11.1 Å². The number of rotatable bonds is 2. The number of carboxylic acid groups (broad SMARTS) is 1. The van der Waals surface area contributed by atoms with Gasteiger partial charge in [-0.25, -0.2) is 4.79 Å². The minimum Gasteiger partial charge on any atom is -0.478 e. The first-order valence-electron chi connectivity index (χ1n) is 5.95. The maximum atomic E-state index is 11.1. The van der Waals surface area contributed by atoms with E-state index in [-0.39, 0.29) is 5.56 Å². The van der Waals surface area contributed by atoms with Gasteiger partial charge in [-0.15, -0.1) is 11.3 Å². The molecule has 1 heterocycles. The van der Waals surface area contributed by atoms with Gasteiger partial charge in [0.2, 0.25) is 0 Å². The van der Waals surface area contributed by atoms with Crippen molar-refractivity contribution in [1.29, 1.82) is 5.26 Å². The van der Waals surface area contributed by atoms with E-state index in [0.29, 0.717) is 4.88 Å². The van der Waals surface area contributed by atoms with E-state index in [1.165, 1.54) is 11.3 Å². The quantitative estimate of drug-likeness (QED) is 0.767. The number of fused-ring (bicyclic) bond motifs is 1. The van der Waals surface area contributed by atoms with E-state index >= 15 is 0 Å². The number of carboxylic acids is 1. The molecule has 0 amide bonds. The van der Waals surface area contributed by atoms with Crippen molar-refractivity contribution in [3.8, 4) is 17.2 Å². The summed E-state index contributed by atoms with van der Waals surface area (Å²) >= 11 is 1.39. The summed E-state index contributed by atoms with van der Waals surface area (Å²) in [6, 6.07) is 14.9. The van der Waals surface area contributed by atoms with E-state index in [9.17, 15) is 4.79 Å². The number of aromatic carboxylic acids is 1. The van der Waals surface area contributed by atoms with Gasteiger partial charge in [-0.05, 0) is 39.9 Å². The van der Waals surface area contributed by atoms with Gasteiger partial charge in [0.05, 0.1) is 5.56 Å². The van der Waals surface area contributed by atoms with E-state index < -0.39 is 5.97 Å². The van der Waals surface area contributed by atoms with Crippen LogP contribution in [0.25, 0.3) is 21.9 Å². The van der Waals surface area contributed by atoms with E-state index in [1.807, 2.05) is 29.6 Å². The zero-order chi connectivity index (χ0) is 14.1. The van der Waals surface area contributed by atoms with Crippen LogP contribution in [0.1, 0.15) is 15.2 Å². The second kappa shape index (κ2) is 4.80. The third kappa shape index (κ3) is 1.94. The van der Waals surface area contributed by atoms with E-state index in [1.54, 1.807) is 18.2 Å². The van der Waals surface area contributed by atoms with Crippen molar-refractivity contribution < 1.29 is 9.90 Å². The highest BCUT2D eigenvalue weighted by atomic mass is 32.1. The summed E-state index contributed by atoms with van der Waals surface area (Å²) in [4.78, 5) is 11.8. The van der Waals surface area contributed by atoms with Crippen LogP contribution in [0.2, 0.25) is 0 Å². The Kier molecular flexibility index (Phi) is 2.97. The van der Waals surface area contributed by atoms with Gasteiger partial charge < -0.3 is 5.11 Å². The predicted octanol–water partition coefficient (Wildman–Crippen LogP) is 4.14. The molecule has 3 aromatic rings. The van der Waals surface area contributed by atoms with Gasteiger partial charge in [-0.3, -0.25) is 0 Å². The molecule has 20 heavy (non-hydrogen) atoms. The second-order valence-electron chi connectivity index (χ2n) is 4.32. The van der Waals surface area contributed by atoms with Crippen molar-refractivity contribution in [2.75, 3.05) is 0 Å². The summed E-state index contributed by atoms with van der Waals surface area (Å²) in [5.74, 6) is -0.951. The fraction of sp³-hybridized carbons (Fsp3) is 0. The molecule has 0 aliphatic carbocycles. The van der Waals surface area contributed by atoms with Crippen LogP contribution in [0.5, 0.6) is 0 Å². The largest absolute Gasteiger partial charge is 0.478 e. The molecule has 0 bridgehead atoms. The van der Waals surface area contributed by atoms with Crippen molar-refractivity contribution in [2.45, 2.75) is 0 Å². The Balaban J connectivity index is 2.33. The number of thiophene rings is 1. The highest BCUT2D eigenvalue weighted by Crippen LogP contribution is 2.33. The fourth-order valence-electron chi connectivity index (χ4n) is 2.25. The van der Waals surface area contributed by atoms with Crippen LogP contribution in [0.4, 0.5) is 0 Å². The molecular weight excluding hydrogens is 270 g/mol. The molecule has 96 valence electrons. The Hall–Kier alpha value is -2.64. The van der Waals surface area contributed by atoms with Crippen molar-refractivity contribution in [2.24, 2.45) is 0 Å². The Bertz CT molecular complexity index is 858. The zero-order valence-electron chi connectivity index (χ0n) is 10.3. The van der Waals surface area contributed by atoms with Crippen LogP contribution in [0.3, 0.4) is 0 Å². The van der Waals surface area contributed by atoms with Gasteiger partial charge in [0.1, 0.15) is 10.9 Å². The Morgan fingerprint density at radius 1 is 1.15 bits per heavy atom. The summed E-state index contributed by atoms with van der Waals surface area (Å²) in [5, 5.41) is 21.9. The maximum absolute atomic E-state index is 11.1. The lowest BCUT2D eigenvalue weighted by Gasteiger charge is -2.06. The summed E-state index contributed by atoms with van der Waals surface area (Å²) in [6.45, 7) is 0. The molecule has 0 aliphatic rings. The van der Waals surface area contributed by atoms with E-state index in [4.69, 9.17) is 10.4 Å². The summed E-state index contributed by atoms with van der Waals surface area (Å²) < 4.78 is 0. The molecule has 1 N–H and O–H groups in total. The molecular formula is C16H9NO2S. The molecule has 0 aliphatic heterocycles. The first kappa shape index (κ1) is 12.4. The van der Waals surface area contributed by atoms with Gasteiger partial charge >= 0.3 is 5.97 Å². The average Bonchev–Trinajstić information content (AvgIpc) is 2.94. The summed E-state index contributed by atoms with van der Waals surface area (Å²) in [6.07, 6.45) is 0. The molecule has 0 radical (unpaired) electrons. The van der Waals surface area contributed by atoms with Crippen molar-refractivity contribution in [1.82, 2.24) is 0 Å². The van der Waals surface area contributed by atoms with Crippen LogP contribution in [0, 0.1) is 11.3 Å². The first-order chi connectivity index (χ1) is 9.70. The number of nitrogens with zero attached hydrogens (tertiary/aromatic N) is 1. The van der Waals surface area contributed by atoms with Gasteiger partial charge in [0, 0.05) is 5.56 Å². The SMILES string of the molecule is N#Cc1sccc1-c1cccc2ccc(C(=O)O)cc12. The minimum atomic E-state index is -0.951. The number of nitriles is 1. The zero-order valence-corrected chi connectivity index (χ0v) is 11.1. The van der Waals surface area contributed by atoms with E-state index in [2.05, 4.69) is 6.07 Å². The van der Waals surface area contributed by atoms with Gasteiger partial charge in [-0.2, -0.15) is 5.26 Å². The second-order valence-corrected chi connectivity index (χ2v) is 5.24. The number of hydrogen-bond donors (Lipinski definition) is 1. The van der Waals surface area contributed by atoms with Gasteiger partial charge in [0.15, 0.2) is 0 Å². The molecule has 2 aromatic carbocycles. The van der Waals surface area contributed by atoms with Crippen LogP contribution >= 0.6 is 11.3 Å². The lowest BCUT2D eigenvalue weighted by Crippen LogP contribution is -1.95. The molecule has 4 heteroatoms. The first-order valence-corrected chi connectivity index (χ1v) is 6.82. The molecule has 0 unspecified atom stereocenters. The topological polar surface area (TPSA) is 61.1 Å². The monoisotopic (exact) mass is 279 g/mol. The Morgan fingerprint density at radius 3 is 2.75 bits per heavy atom. The van der Waals surface area contributed by atoms with Crippen molar-refractivity contribution in [3.63, 3.8) is 0 Å². The molecule has 3 nitrogen and oxygen atoms in total. The molecule has 0 saturated carbocycles. The predicted molar refractivity (Wildman–Crippen MR) is 78.9 cm³/mol.